The van der Waals surface area contributed by atoms with Crippen LogP contribution >= 0.6 is 23.2 Å². The number of nitrogens with one attached hydrogen (secondary N) is 1. The van der Waals surface area contributed by atoms with Crippen LogP contribution in [0.4, 0.5) is 0 Å². The number of hydrogen-bond acceptors (Lipinski definition) is 3. The average Bonchev–Trinajstić information content (AvgIpc) is 3.15. The van der Waals surface area contributed by atoms with Crippen LogP contribution in [0.15, 0.2) is 66.7 Å². The predicted octanol–water partition coefficient (Wildman–Crippen LogP) is 6.39. The monoisotopic (exact) mass is 521 g/mol. The molecule has 8 heteroatoms. The molecule has 3 aromatic carbocycles. The summed E-state index contributed by atoms with van der Waals surface area (Å²) in [4.78, 5) is 22.9. The van der Waals surface area contributed by atoms with E-state index in [1.165, 1.54) is 5.56 Å². The van der Waals surface area contributed by atoms with Crippen molar-refractivity contribution in [2.24, 2.45) is 0 Å². The van der Waals surface area contributed by atoms with E-state index in [0.717, 1.165) is 33.6 Å². The van der Waals surface area contributed by atoms with Gasteiger partial charge >= 0.3 is 5.97 Å². The number of amides is 1. The van der Waals surface area contributed by atoms with E-state index in [-0.39, 0.29) is 18.9 Å². The zero-order chi connectivity index (χ0) is 25.8. The Hall–Kier alpha value is -3.61. The zero-order valence-electron chi connectivity index (χ0n) is 19.9. The molecule has 0 aliphatic rings. The Morgan fingerprint density at radius 1 is 0.917 bits per heavy atom. The fourth-order valence-corrected chi connectivity index (χ4v) is 4.55. The number of carbonyl (C=O) groups excluding carboxylic acids is 1. The van der Waals surface area contributed by atoms with Crippen molar-refractivity contribution in [3.63, 3.8) is 0 Å². The summed E-state index contributed by atoms with van der Waals surface area (Å²) >= 11 is 12.5. The number of carbonyl (C=O) groups is 2. The fourth-order valence-electron chi connectivity index (χ4n) is 4.03. The molecule has 0 saturated heterocycles. The Balaban J connectivity index is 1.67. The summed E-state index contributed by atoms with van der Waals surface area (Å²) in [6.07, 6.45) is -0.121. The van der Waals surface area contributed by atoms with E-state index in [0.29, 0.717) is 22.2 Å². The highest BCUT2D eigenvalue weighted by Crippen LogP contribution is 2.34. The van der Waals surface area contributed by atoms with Crippen molar-refractivity contribution in [1.29, 1.82) is 0 Å². The van der Waals surface area contributed by atoms with Crippen LogP contribution in [0.1, 0.15) is 33.5 Å². The first-order chi connectivity index (χ1) is 17.2. The summed E-state index contributed by atoms with van der Waals surface area (Å²) in [7, 11) is 0. The molecular formula is C28H25Cl2N3O3. The fraction of sp³-hybridized carbons (Fsp3) is 0.179. The average molecular weight is 522 g/mol. The number of benzene rings is 3. The van der Waals surface area contributed by atoms with Crippen molar-refractivity contribution in [2.45, 2.75) is 26.8 Å². The number of aliphatic carboxylic acids is 1. The molecule has 0 atom stereocenters. The van der Waals surface area contributed by atoms with Gasteiger partial charge in [0.2, 0.25) is 0 Å². The quantitative estimate of drug-likeness (QED) is 0.281. The Bertz CT molecular complexity index is 1390. The number of hydrogen-bond donors (Lipinski definition) is 2. The molecule has 0 bridgehead atoms. The molecule has 36 heavy (non-hydrogen) atoms. The van der Waals surface area contributed by atoms with E-state index in [9.17, 15) is 9.59 Å². The molecule has 1 heterocycles. The van der Waals surface area contributed by atoms with Gasteiger partial charge in [0.25, 0.3) is 5.91 Å². The van der Waals surface area contributed by atoms with E-state index in [1.807, 2.05) is 42.8 Å². The number of nitrogens with zero attached hydrogens (tertiary/aromatic N) is 2. The second-order valence-corrected chi connectivity index (χ2v) is 9.47. The minimum absolute atomic E-state index is 0.0820. The molecule has 2 N–H and O–H groups in total. The van der Waals surface area contributed by atoms with Gasteiger partial charge in [-0.1, -0.05) is 65.2 Å². The van der Waals surface area contributed by atoms with Gasteiger partial charge in [0.05, 0.1) is 24.4 Å². The molecule has 0 aliphatic heterocycles. The molecule has 6 nitrogen and oxygen atoms in total. The first kappa shape index (κ1) is 25.5. The molecule has 4 rings (SSSR count). The maximum absolute atomic E-state index is 12.3. The van der Waals surface area contributed by atoms with Crippen LogP contribution in [0.25, 0.3) is 22.5 Å². The third-order valence-electron chi connectivity index (χ3n) is 5.82. The maximum Gasteiger partial charge on any atom is 0.305 e. The minimum atomic E-state index is -0.955. The first-order valence-corrected chi connectivity index (χ1v) is 12.2. The smallest absolute Gasteiger partial charge is 0.305 e. The number of carboxylic acid groups (broad SMARTS) is 1. The van der Waals surface area contributed by atoms with Crippen LogP contribution < -0.4 is 5.32 Å². The number of halogens is 2. The molecule has 0 radical (unpaired) electrons. The van der Waals surface area contributed by atoms with Crippen molar-refractivity contribution in [3.05, 3.63) is 99.0 Å². The maximum atomic E-state index is 12.3. The molecule has 1 amide bonds. The van der Waals surface area contributed by atoms with Crippen LogP contribution in [-0.2, 0) is 11.3 Å². The molecule has 4 aromatic rings. The summed E-state index contributed by atoms with van der Waals surface area (Å²) in [5.74, 6) is -1.26. The molecule has 0 aliphatic carbocycles. The summed E-state index contributed by atoms with van der Waals surface area (Å²) in [5.41, 5.74) is 7.26. The number of rotatable bonds is 8. The summed E-state index contributed by atoms with van der Waals surface area (Å²) < 4.78 is 1.95. The van der Waals surface area contributed by atoms with Crippen LogP contribution in [0, 0.1) is 13.8 Å². The van der Waals surface area contributed by atoms with Crippen molar-refractivity contribution >= 4 is 35.1 Å². The second kappa shape index (κ2) is 11.0. The highest BCUT2D eigenvalue weighted by Gasteiger charge is 2.19. The lowest BCUT2D eigenvalue weighted by molar-refractivity contribution is -0.136. The van der Waals surface area contributed by atoms with Gasteiger partial charge in [-0.3, -0.25) is 14.3 Å². The Kier molecular flexibility index (Phi) is 7.77. The van der Waals surface area contributed by atoms with Gasteiger partial charge in [-0.05, 0) is 49.7 Å². The number of carboxylic acids is 1. The third-order valence-corrected chi connectivity index (χ3v) is 6.26. The highest BCUT2D eigenvalue weighted by molar-refractivity contribution is 6.35. The Morgan fingerprint density at radius 2 is 1.56 bits per heavy atom. The van der Waals surface area contributed by atoms with Crippen molar-refractivity contribution < 1.29 is 14.7 Å². The van der Waals surface area contributed by atoms with Crippen LogP contribution in [0.2, 0.25) is 10.0 Å². The van der Waals surface area contributed by atoms with Gasteiger partial charge in [-0.2, -0.15) is 5.10 Å². The topological polar surface area (TPSA) is 84.2 Å². The van der Waals surface area contributed by atoms with E-state index < -0.39 is 5.97 Å². The lowest BCUT2D eigenvalue weighted by Gasteiger charge is -2.10. The van der Waals surface area contributed by atoms with Crippen LogP contribution in [0.5, 0.6) is 0 Å². The molecule has 1 aromatic heterocycles. The summed E-state index contributed by atoms with van der Waals surface area (Å²) in [6, 6.07) is 20.9. The zero-order valence-corrected chi connectivity index (χ0v) is 21.4. The highest BCUT2D eigenvalue weighted by atomic mass is 35.5. The predicted molar refractivity (Wildman–Crippen MR) is 143 cm³/mol. The Labute approximate surface area is 219 Å². The lowest BCUT2D eigenvalue weighted by Crippen LogP contribution is -2.25. The van der Waals surface area contributed by atoms with Gasteiger partial charge in [0, 0.05) is 38.8 Å². The molecule has 0 fully saturated rings. The molecular weight excluding hydrogens is 497 g/mol. The normalized spacial score (nSPS) is 10.9. The second-order valence-electron chi connectivity index (χ2n) is 8.60. The molecule has 0 spiro atoms. The van der Waals surface area contributed by atoms with E-state index >= 15 is 0 Å². The molecule has 0 unspecified atom stereocenters. The summed E-state index contributed by atoms with van der Waals surface area (Å²) in [6.45, 7) is 4.65. The van der Waals surface area contributed by atoms with E-state index in [1.54, 1.807) is 18.2 Å². The lowest BCUT2D eigenvalue weighted by atomic mass is 10.0. The number of aromatic nitrogens is 2. The first-order valence-electron chi connectivity index (χ1n) is 11.4. The van der Waals surface area contributed by atoms with Crippen molar-refractivity contribution in [1.82, 2.24) is 15.1 Å². The summed E-state index contributed by atoms with van der Waals surface area (Å²) in [5, 5.41) is 17.4. The van der Waals surface area contributed by atoms with Gasteiger partial charge < -0.3 is 10.4 Å². The van der Waals surface area contributed by atoms with Crippen molar-refractivity contribution in [3.8, 4) is 22.5 Å². The van der Waals surface area contributed by atoms with Crippen molar-refractivity contribution in [2.75, 3.05) is 6.54 Å². The minimum Gasteiger partial charge on any atom is -0.481 e. The molecule has 184 valence electrons. The third kappa shape index (κ3) is 5.96. The van der Waals surface area contributed by atoms with Gasteiger partial charge in [-0.25, -0.2) is 0 Å². The van der Waals surface area contributed by atoms with E-state index in [2.05, 4.69) is 29.6 Å². The molecule has 0 saturated carbocycles. The van der Waals surface area contributed by atoms with Gasteiger partial charge in [0.15, 0.2) is 0 Å². The van der Waals surface area contributed by atoms with Gasteiger partial charge in [0.1, 0.15) is 0 Å². The van der Waals surface area contributed by atoms with E-state index in [4.69, 9.17) is 33.4 Å². The largest absolute Gasteiger partial charge is 0.481 e. The van der Waals surface area contributed by atoms with Crippen LogP contribution in [0.3, 0.4) is 0 Å². The SMILES string of the molecule is Cc1ccc(-c2c(C)c(-c3cc(Cl)cc(Cl)c3)nn2Cc2ccc(C(=O)NCCC(=O)O)cc2)cc1. The van der Waals surface area contributed by atoms with Crippen LogP contribution in [-0.4, -0.2) is 33.3 Å². The number of aryl methyl sites for hydroxylation is 1. The Morgan fingerprint density at radius 3 is 2.17 bits per heavy atom. The standard InChI is InChI=1S/C28H25Cl2N3O3/c1-17-3-7-20(8-4-17)27-18(2)26(22-13-23(29)15-24(30)14-22)32-33(27)16-19-5-9-21(10-6-19)28(36)31-12-11-25(34)35/h3-10,13-15H,11-12,16H2,1-2H3,(H,31,36)(H,34,35). The van der Waals surface area contributed by atoms with Gasteiger partial charge in [-0.15, -0.1) is 0 Å².